The van der Waals surface area contributed by atoms with Crippen molar-refractivity contribution in [1.29, 1.82) is 0 Å². The summed E-state index contributed by atoms with van der Waals surface area (Å²) >= 11 is 0. The average molecular weight is 415 g/mol. The number of fused-ring (bicyclic) bond motifs is 1. The van der Waals surface area contributed by atoms with Crippen molar-refractivity contribution in [3.63, 3.8) is 0 Å². The van der Waals surface area contributed by atoms with Gasteiger partial charge in [-0.1, -0.05) is 0 Å². The van der Waals surface area contributed by atoms with Crippen molar-refractivity contribution in [3.8, 4) is 0 Å². The van der Waals surface area contributed by atoms with Crippen LogP contribution in [-0.2, 0) is 4.74 Å². The number of hydrogen-bond donors (Lipinski definition) is 1. The first-order chi connectivity index (χ1) is 14.4. The number of ether oxygens (including phenoxy) is 1. The molecule has 4 rings (SSSR count). The summed E-state index contributed by atoms with van der Waals surface area (Å²) in [7, 11) is 5.52. The van der Waals surface area contributed by atoms with Crippen LogP contribution in [0.4, 0.5) is 4.79 Å². The van der Waals surface area contributed by atoms with Crippen LogP contribution in [0.15, 0.2) is 18.3 Å². The molecule has 0 unspecified atom stereocenters. The molecule has 2 aliphatic heterocycles. The number of carbonyl (C=O) groups excluding carboxylic acids is 2. The van der Waals surface area contributed by atoms with Gasteiger partial charge in [-0.3, -0.25) is 14.1 Å². The van der Waals surface area contributed by atoms with Crippen LogP contribution in [-0.4, -0.2) is 101 Å². The maximum absolute atomic E-state index is 12.6. The fourth-order valence-corrected chi connectivity index (χ4v) is 3.99. The van der Waals surface area contributed by atoms with Crippen LogP contribution < -0.4 is 5.32 Å². The molecular formula is C20H29N7O3. The molecule has 4 heterocycles. The molecule has 0 aromatic carbocycles. The predicted octanol–water partition coefficient (Wildman–Crippen LogP) is 0.608. The summed E-state index contributed by atoms with van der Waals surface area (Å²) in [4.78, 5) is 30.7. The van der Waals surface area contributed by atoms with E-state index in [9.17, 15) is 9.59 Å². The minimum atomic E-state index is -0.145. The number of nitrogens with one attached hydrogen (secondary N) is 1. The molecule has 2 saturated heterocycles. The van der Waals surface area contributed by atoms with Crippen molar-refractivity contribution in [3.05, 3.63) is 29.7 Å². The number of pyridine rings is 1. The Bertz CT molecular complexity index is 922. The molecule has 2 aromatic heterocycles. The summed E-state index contributed by atoms with van der Waals surface area (Å²) < 4.78 is 7.43. The van der Waals surface area contributed by atoms with Crippen molar-refractivity contribution in [2.45, 2.75) is 25.0 Å². The largest absolute Gasteiger partial charge is 0.376 e. The second-order valence-electron chi connectivity index (χ2n) is 8.17. The molecule has 2 fully saturated rings. The summed E-state index contributed by atoms with van der Waals surface area (Å²) in [6, 6.07) is 3.42. The smallest absolute Gasteiger partial charge is 0.319 e. The second-order valence-corrected chi connectivity index (χ2v) is 8.17. The van der Waals surface area contributed by atoms with Gasteiger partial charge >= 0.3 is 6.03 Å². The molecule has 162 valence electrons. The third-order valence-corrected chi connectivity index (χ3v) is 5.80. The number of amides is 3. The number of nitrogens with zero attached hydrogens (tertiary/aromatic N) is 6. The van der Waals surface area contributed by atoms with Gasteiger partial charge < -0.3 is 19.9 Å². The van der Waals surface area contributed by atoms with Crippen molar-refractivity contribution in [1.82, 2.24) is 34.6 Å². The first-order valence-electron chi connectivity index (χ1n) is 10.3. The highest BCUT2D eigenvalue weighted by Crippen LogP contribution is 2.24. The molecule has 2 aliphatic rings. The Morgan fingerprint density at radius 3 is 2.83 bits per heavy atom. The Hall–Kier alpha value is -2.72. The molecule has 0 saturated carbocycles. The molecule has 1 N–H and O–H groups in total. The van der Waals surface area contributed by atoms with E-state index in [2.05, 4.69) is 20.4 Å². The molecule has 2 atom stereocenters. The number of likely N-dealkylation sites (N-methyl/N-ethyl adjacent to an activating group) is 1. The van der Waals surface area contributed by atoms with E-state index in [1.165, 1.54) is 0 Å². The van der Waals surface area contributed by atoms with Crippen molar-refractivity contribution in [2.75, 3.05) is 53.9 Å². The fourth-order valence-electron chi connectivity index (χ4n) is 3.99. The lowest BCUT2D eigenvalue weighted by atomic mass is 10.1. The molecule has 30 heavy (non-hydrogen) atoms. The van der Waals surface area contributed by atoms with Crippen LogP contribution in [0.2, 0.25) is 0 Å². The Morgan fingerprint density at radius 2 is 2.10 bits per heavy atom. The van der Waals surface area contributed by atoms with Crippen molar-refractivity contribution in [2.24, 2.45) is 0 Å². The minimum absolute atomic E-state index is 0.0175. The van der Waals surface area contributed by atoms with Gasteiger partial charge in [0, 0.05) is 53.1 Å². The molecule has 0 bridgehead atoms. The van der Waals surface area contributed by atoms with Gasteiger partial charge in [0.2, 0.25) is 0 Å². The van der Waals surface area contributed by atoms with Crippen LogP contribution in [0, 0.1) is 0 Å². The van der Waals surface area contributed by atoms with Gasteiger partial charge in [0.05, 0.1) is 17.7 Å². The van der Waals surface area contributed by atoms with Crippen LogP contribution in [0.5, 0.6) is 0 Å². The third kappa shape index (κ3) is 4.10. The van der Waals surface area contributed by atoms with E-state index >= 15 is 0 Å². The maximum Gasteiger partial charge on any atom is 0.319 e. The summed E-state index contributed by atoms with van der Waals surface area (Å²) in [5.74, 6) is 0.575. The van der Waals surface area contributed by atoms with Crippen molar-refractivity contribution >= 4 is 17.6 Å². The first-order valence-corrected chi connectivity index (χ1v) is 10.3. The molecule has 0 aliphatic carbocycles. The number of aromatic nitrogens is 3. The maximum atomic E-state index is 12.6. The number of urea groups is 1. The van der Waals surface area contributed by atoms with E-state index in [0.29, 0.717) is 30.8 Å². The zero-order chi connectivity index (χ0) is 21.3. The van der Waals surface area contributed by atoms with Gasteiger partial charge in [-0.2, -0.15) is 0 Å². The van der Waals surface area contributed by atoms with Gasteiger partial charge in [0.25, 0.3) is 5.91 Å². The normalized spacial score (nSPS) is 22.4. The van der Waals surface area contributed by atoms with E-state index in [-0.39, 0.29) is 24.1 Å². The van der Waals surface area contributed by atoms with Gasteiger partial charge in [-0.05, 0) is 32.0 Å². The lowest BCUT2D eigenvalue weighted by molar-refractivity contribution is 0.0857. The molecular weight excluding hydrogens is 386 g/mol. The molecule has 0 spiro atoms. The lowest BCUT2D eigenvalue weighted by Gasteiger charge is -2.39. The zero-order valence-electron chi connectivity index (χ0n) is 17.7. The van der Waals surface area contributed by atoms with Gasteiger partial charge in [-0.25, -0.2) is 4.79 Å². The monoisotopic (exact) mass is 415 g/mol. The van der Waals surface area contributed by atoms with E-state index < -0.39 is 0 Å². The van der Waals surface area contributed by atoms with Crippen LogP contribution in [0.3, 0.4) is 0 Å². The molecule has 0 radical (unpaired) electrons. The quantitative estimate of drug-likeness (QED) is 0.786. The Morgan fingerprint density at radius 1 is 1.27 bits per heavy atom. The third-order valence-electron chi connectivity index (χ3n) is 5.80. The molecule has 2 aromatic rings. The highest BCUT2D eigenvalue weighted by molar-refractivity contribution is 5.94. The number of carbonyl (C=O) groups is 2. The minimum Gasteiger partial charge on any atom is -0.376 e. The predicted molar refractivity (Wildman–Crippen MR) is 110 cm³/mol. The Labute approximate surface area is 175 Å². The zero-order valence-corrected chi connectivity index (χ0v) is 17.7. The number of hydrogen-bond acceptors (Lipinski definition) is 6. The van der Waals surface area contributed by atoms with Crippen molar-refractivity contribution < 1.29 is 14.3 Å². The van der Waals surface area contributed by atoms with E-state index in [1.807, 2.05) is 16.3 Å². The van der Waals surface area contributed by atoms with Crippen LogP contribution >= 0.6 is 0 Å². The van der Waals surface area contributed by atoms with Gasteiger partial charge in [0.1, 0.15) is 0 Å². The van der Waals surface area contributed by atoms with Crippen LogP contribution in [0.25, 0.3) is 5.65 Å². The van der Waals surface area contributed by atoms with E-state index in [0.717, 1.165) is 31.8 Å². The average Bonchev–Trinajstić information content (AvgIpc) is 3.41. The first kappa shape index (κ1) is 20.5. The topological polar surface area (TPSA) is 95.3 Å². The summed E-state index contributed by atoms with van der Waals surface area (Å²) in [5.41, 5.74) is 1.21. The highest BCUT2D eigenvalue weighted by Gasteiger charge is 2.32. The Kier molecular flexibility index (Phi) is 5.87. The standard InChI is InChI=1S/C20H29N7O3/c1-24(2)20(29)26-9-8-25(3)16(13-26)18-23-22-17-7-6-14(12-27(17)18)19(28)21-11-15-5-4-10-30-15/h6-7,12,15-16H,4-5,8-11,13H2,1-3H3,(H,21,28)/t15-,16+/m1/s1. The van der Waals surface area contributed by atoms with E-state index in [1.54, 1.807) is 37.3 Å². The molecule has 10 heteroatoms. The van der Waals surface area contributed by atoms with E-state index in [4.69, 9.17) is 4.74 Å². The summed E-state index contributed by atoms with van der Waals surface area (Å²) in [6.07, 6.45) is 3.89. The fraction of sp³-hybridized carbons (Fsp3) is 0.600. The molecule has 3 amide bonds. The number of piperazine rings is 1. The molecule has 10 nitrogen and oxygen atoms in total. The second kappa shape index (κ2) is 8.57. The van der Waals surface area contributed by atoms with Crippen LogP contribution in [0.1, 0.15) is 35.1 Å². The SMILES string of the molecule is CN(C)C(=O)N1CCN(C)[C@H](c2nnc3ccc(C(=O)NC[C@H]4CCCO4)cn23)C1. The Balaban J connectivity index is 1.54. The van der Waals surface area contributed by atoms with Gasteiger partial charge in [-0.15, -0.1) is 10.2 Å². The number of rotatable bonds is 4. The highest BCUT2D eigenvalue weighted by atomic mass is 16.5. The summed E-state index contributed by atoms with van der Waals surface area (Å²) in [6.45, 7) is 3.19. The lowest BCUT2D eigenvalue weighted by Crippen LogP contribution is -2.52. The van der Waals surface area contributed by atoms with Gasteiger partial charge in [0.15, 0.2) is 11.5 Å². The summed E-state index contributed by atoms with van der Waals surface area (Å²) in [5, 5.41) is 11.6.